The third-order valence-electron chi connectivity index (χ3n) is 3.41. The van der Waals surface area contributed by atoms with Crippen LogP contribution < -0.4 is 4.72 Å². The average molecular weight is 414 g/mol. The molecule has 0 radical (unpaired) electrons. The normalized spacial score (nSPS) is 11.3. The van der Waals surface area contributed by atoms with Gasteiger partial charge in [-0.1, -0.05) is 53.0 Å². The molecule has 0 aliphatic heterocycles. The highest BCUT2D eigenvalue weighted by molar-refractivity contribution is 7.92. The van der Waals surface area contributed by atoms with Crippen LogP contribution >= 0.6 is 34.8 Å². The Morgan fingerprint density at radius 2 is 1.60 bits per heavy atom. The first kappa shape index (κ1) is 18.0. The van der Waals surface area contributed by atoms with E-state index in [0.717, 1.165) is 0 Å². The van der Waals surface area contributed by atoms with Gasteiger partial charge in [-0.05, 0) is 30.3 Å². The molecule has 0 fully saturated rings. The quantitative estimate of drug-likeness (QED) is 0.613. The Balaban J connectivity index is 2.13. The van der Waals surface area contributed by atoms with Crippen LogP contribution in [0.1, 0.15) is 0 Å². The van der Waals surface area contributed by atoms with Crippen LogP contribution in [0.3, 0.4) is 0 Å². The molecule has 0 amide bonds. The van der Waals surface area contributed by atoms with Gasteiger partial charge in [0.1, 0.15) is 0 Å². The van der Waals surface area contributed by atoms with E-state index < -0.39 is 10.0 Å². The van der Waals surface area contributed by atoms with E-state index in [0.29, 0.717) is 16.1 Å². The molecular formula is C17H11Cl3N2O2S. The van der Waals surface area contributed by atoms with Gasteiger partial charge in [-0.25, -0.2) is 8.42 Å². The highest BCUT2D eigenvalue weighted by Crippen LogP contribution is 2.36. The molecule has 3 aromatic rings. The average Bonchev–Trinajstić information content (AvgIpc) is 2.59. The van der Waals surface area contributed by atoms with Gasteiger partial charge in [-0.3, -0.25) is 9.71 Å². The summed E-state index contributed by atoms with van der Waals surface area (Å²) in [6, 6.07) is 12.8. The van der Waals surface area contributed by atoms with Crippen molar-refractivity contribution in [1.82, 2.24) is 4.98 Å². The number of rotatable bonds is 4. The number of nitrogens with one attached hydrogen (secondary N) is 1. The van der Waals surface area contributed by atoms with Crippen molar-refractivity contribution < 1.29 is 8.42 Å². The Kier molecular flexibility index (Phi) is 5.20. The van der Waals surface area contributed by atoms with Gasteiger partial charge >= 0.3 is 0 Å². The number of nitrogens with zero attached hydrogens (tertiary/aromatic N) is 1. The first-order valence-electron chi connectivity index (χ1n) is 7.06. The lowest BCUT2D eigenvalue weighted by molar-refractivity contribution is 0.601. The van der Waals surface area contributed by atoms with Gasteiger partial charge in [0.05, 0.1) is 20.6 Å². The van der Waals surface area contributed by atoms with E-state index in [1.807, 2.05) is 0 Å². The van der Waals surface area contributed by atoms with Crippen LogP contribution in [-0.2, 0) is 10.0 Å². The molecule has 0 aliphatic rings. The summed E-state index contributed by atoms with van der Waals surface area (Å²) in [5.41, 5.74) is 1.14. The molecule has 1 N–H and O–H groups in total. The molecule has 8 heteroatoms. The van der Waals surface area contributed by atoms with Gasteiger partial charge in [-0.15, -0.1) is 0 Å². The maximum atomic E-state index is 12.9. The van der Waals surface area contributed by atoms with E-state index in [2.05, 4.69) is 9.71 Å². The standard InChI is InChI=1S/C17H11Cl3N2O2S/c18-12-5-2-8-15(16(12)11-4-3-9-21-10-11)25(23,24)22-14-7-1-6-13(19)17(14)20/h1-10,22H. The van der Waals surface area contributed by atoms with E-state index in [4.69, 9.17) is 34.8 Å². The second-order valence-electron chi connectivity index (χ2n) is 5.06. The molecule has 0 unspecified atom stereocenters. The second-order valence-corrected chi connectivity index (χ2v) is 7.90. The Morgan fingerprint density at radius 1 is 0.880 bits per heavy atom. The molecule has 0 spiro atoms. The fourth-order valence-corrected chi connectivity index (χ4v) is 4.37. The first-order valence-corrected chi connectivity index (χ1v) is 9.67. The van der Waals surface area contributed by atoms with Gasteiger partial charge < -0.3 is 0 Å². The molecule has 1 heterocycles. The van der Waals surface area contributed by atoms with E-state index in [-0.39, 0.29) is 20.6 Å². The van der Waals surface area contributed by atoms with E-state index in [9.17, 15) is 8.42 Å². The van der Waals surface area contributed by atoms with Crippen LogP contribution in [0, 0.1) is 0 Å². The lowest BCUT2D eigenvalue weighted by Gasteiger charge is -2.14. The minimum absolute atomic E-state index is 0.0176. The fraction of sp³-hybridized carbons (Fsp3) is 0. The number of benzene rings is 2. The van der Waals surface area contributed by atoms with Crippen molar-refractivity contribution in [2.24, 2.45) is 0 Å². The van der Waals surface area contributed by atoms with Crippen molar-refractivity contribution in [3.63, 3.8) is 0 Å². The molecule has 4 nitrogen and oxygen atoms in total. The minimum atomic E-state index is -3.96. The van der Waals surface area contributed by atoms with Gasteiger partial charge in [0.2, 0.25) is 0 Å². The van der Waals surface area contributed by atoms with Crippen LogP contribution in [0.15, 0.2) is 65.8 Å². The van der Waals surface area contributed by atoms with Crippen molar-refractivity contribution in [3.8, 4) is 11.1 Å². The van der Waals surface area contributed by atoms with Crippen LogP contribution in [0.25, 0.3) is 11.1 Å². The smallest absolute Gasteiger partial charge is 0.262 e. The Morgan fingerprint density at radius 3 is 2.32 bits per heavy atom. The molecule has 0 aliphatic carbocycles. The summed E-state index contributed by atoms with van der Waals surface area (Å²) in [6.07, 6.45) is 3.14. The Labute approximate surface area is 160 Å². The molecule has 25 heavy (non-hydrogen) atoms. The van der Waals surface area contributed by atoms with Gasteiger partial charge in [-0.2, -0.15) is 0 Å². The molecule has 0 bridgehead atoms. The number of halogens is 3. The Hall–Kier alpha value is -1.79. The number of pyridine rings is 1. The summed E-state index contributed by atoms with van der Waals surface area (Å²) in [4.78, 5) is 4.04. The third-order valence-corrected chi connectivity index (χ3v) is 5.95. The number of hydrogen-bond donors (Lipinski definition) is 1. The number of anilines is 1. The maximum absolute atomic E-state index is 12.9. The topological polar surface area (TPSA) is 59.1 Å². The largest absolute Gasteiger partial charge is 0.278 e. The van der Waals surface area contributed by atoms with E-state index in [1.54, 1.807) is 48.8 Å². The van der Waals surface area contributed by atoms with E-state index in [1.165, 1.54) is 12.1 Å². The maximum Gasteiger partial charge on any atom is 0.262 e. The van der Waals surface area contributed by atoms with Crippen LogP contribution in [-0.4, -0.2) is 13.4 Å². The molecule has 0 saturated carbocycles. The van der Waals surface area contributed by atoms with Gasteiger partial charge in [0.15, 0.2) is 0 Å². The summed E-state index contributed by atoms with van der Waals surface area (Å²) in [6.45, 7) is 0. The van der Waals surface area contributed by atoms with Crippen LogP contribution in [0.4, 0.5) is 5.69 Å². The summed E-state index contributed by atoms with van der Waals surface area (Å²) in [5.74, 6) is 0. The van der Waals surface area contributed by atoms with Crippen molar-refractivity contribution in [3.05, 3.63) is 76.0 Å². The number of sulfonamides is 1. The van der Waals surface area contributed by atoms with Crippen LogP contribution in [0.2, 0.25) is 15.1 Å². The monoisotopic (exact) mass is 412 g/mol. The number of aromatic nitrogens is 1. The third kappa shape index (κ3) is 3.75. The van der Waals surface area contributed by atoms with Crippen molar-refractivity contribution in [2.75, 3.05) is 4.72 Å². The highest BCUT2D eigenvalue weighted by Gasteiger charge is 2.23. The highest BCUT2D eigenvalue weighted by atomic mass is 35.5. The predicted molar refractivity (Wildman–Crippen MR) is 102 cm³/mol. The van der Waals surface area contributed by atoms with Crippen molar-refractivity contribution >= 4 is 50.5 Å². The fourth-order valence-electron chi connectivity index (χ4n) is 2.30. The second kappa shape index (κ2) is 7.22. The molecule has 0 saturated heterocycles. The molecule has 1 aromatic heterocycles. The number of hydrogen-bond acceptors (Lipinski definition) is 3. The van der Waals surface area contributed by atoms with Crippen LogP contribution in [0.5, 0.6) is 0 Å². The van der Waals surface area contributed by atoms with E-state index >= 15 is 0 Å². The summed E-state index contributed by atoms with van der Waals surface area (Å²) in [5, 5.41) is 0.672. The summed E-state index contributed by atoms with van der Waals surface area (Å²) >= 11 is 18.3. The zero-order chi connectivity index (χ0) is 18.0. The molecule has 2 aromatic carbocycles. The molecular weight excluding hydrogens is 403 g/mol. The van der Waals surface area contributed by atoms with Gasteiger partial charge in [0.25, 0.3) is 10.0 Å². The summed E-state index contributed by atoms with van der Waals surface area (Å²) < 4.78 is 28.3. The first-order chi connectivity index (χ1) is 11.9. The summed E-state index contributed by atoms with van der Waals surface area (Å²) in [7, 11) is -3.96. The van der Waals surface area contributed by atoms with Crippen molar-refractivity contribution in [2.45, 2.75) is 4.90 Å². The molecule has 3 rings (SSSR count). The lowest BCUT2D eigenvalue weighted by atomic mass is 10.1. The lowest BCUT2D eigenvalue weighted by Crippen LogP contribution is -2.14. The SMILES string of the molecule is O=S(=O)(Nc1cccc(Cl)c1Cl)c1cccc(Cl)c1-c1cccnc1. The van der Waals surface area contributed by atoms with Crippen molar-refractivity contribution in [1.29, 1.82) is 0 Å². The zero-order valence-corrected chi connectivity index (χ0v) is 15.7. The molecule has 0 atom stereocenters. The zero-order valence-electron chi connectivity index (χ0n) is 12.6. The Bertz CT molecular complexity index is 1030. The minimum Gasteiger partial charge on any atom is -0.278 e. The predicted octanol–water partition coefficient (Wildman–Crippen LogP) is 5.51. The molecule has 128 valence electrons. The van der Waals surface area contributed by atoms with Gasteiger partial charge in [0, 0.05) is 28.5 Å².